The Bertz CT molecular complexity index is 758. The standard InChI is InChI=1S/C19H20FN3S/c1-2-14-4-3-11-23(13-14)18-6-5-16(20)12-17(18)22-19(24)15-7-9-21-10-8-15/h2,5-10,12H,3-4,11,13H2,1H3,(H,22,24)/b14-2+. The average molecular weight is 341 g/mol. The average Bonchev–Trinajstić information content (AvgIpc) is 2.62. The molecule has 1 N–H and O–H groups in total. The molecule has 1 aliphatic heterocycles. The Balaban J connectivity index is 1.87. The van der Waals surface area contributed by atoms with E-state index in [0.717, 1.165) is 37.2 Å². The first kappa shape index (κ1) is 16.6. The maximum atomic E-state index is 13.8. The summed E-state index contributed by atoms with van der Waals surface area (Å²) in [7, 11) is 0. The highest BCUT2D eigenvalue weighted by molar-refractivity contribution is 7.81. The lowest BCUT2D eigenvalue weighted by atomic mass is 10.0. The van der Waals surface area contributed by atoms with Crippen molar-refractivity contribution in [2.24, 2.45) is 0 Å². The lowest BCUT2D eigenvalue weighted by molar-refractivity contribution is 0.627. The fourth-order valence-corrected chi connectivity index (χ4v) is 3.17. The molecule has 0 amide bonds. The van der Waals surface area contributed by atoms with E-state index < -0.39 is 0 Å². The highest BCUT2D eigenvalue weighted by Gasteiger charge is 2.18. The highest BCUT2D eigenvalue weighted by Crippen LogP contribution is 2.31. The summed E-state index contributed by atoms with van der Waals surface area (Å²) in [5, 5.41) is 3.20. The molecular weight excluding hydrogens is 321 g/mol. The van der Waals surface area contributed by atoms with Gasteiger partial charge in [-0.2, -0.15) is 0 Å². The summed E-state index contributed by atoms with van der Waals surface area (Å²) in [6, 6.07) is 8.51. The van der Waals surface area contributed by atoms with Crippen molar-refractivity contribution in [3.05, 3.63) is 65.8 Å². The van der Waals surface area contributed by atoms with E-state index in [1.54, 1.807) is 12.4 Å². The van der Waals surface area contributed by atoms with Crippen molar-refractivity contribution in [3.8, 4) is 0 Å². The summed E-state index contributed by atoms with van der Waals surface area (Å²) < 4.78 is 13.8. The third-order valence-electron chi connectivity index (χ3n) is 4.22. The first-order valence-corrected chi connectivity index (χ1v) is 8.48. The van der Waals surface area contributed by atoms with Crippen molar-refractivity contribution in [3.63, 3.8) is 0 Å². The molecule has 1 aliphatic rings. The van der Waals surface area contributed by atoms with Gasteiger partial charge >= 0.3 is 0 Å². The van der Waals surface area contributed by atoms with Gasteiger partial charge in [0, 0.05) is 31.0 Å². The van der Waals surface area contributed by atoms with E-state index in [1.165, 1.54) is 17.7 Å². The monoisotopic (exact) mass is 341 g/mol. The minimum Gasteiger partial charge on any atom is -0.366 e. The lowest BCUT2D eigenvalue weighted by Gasteiger charge is -2.32. The number of piperidine rings is 1. The molecule has 1 saturated heterocycles. The number of benzene rings is 1. The molecule has 124 valence electrons. The van der Waals surface area contributed by atoms with Gasteiger partial charge in [-0.25, -0.2) is 4.39 Å². The molecule has 0 atom stereocenters. The number of hydrogen-bond acceptors (Lipinski definition) is 3. The first-order valence-electron chi connectivity index (χ1n) is 8.07. The van der Waals surface area contributed by atoms with Crippen molar-refractivity contribution >= 4 is 28.6 Å². The van der Waals surface area contributed by atoms with Crippen LogP contribution in [0.25, 0.3) is 0 Å². The fourth-order valence-electron chi connectivity index (χ4n) is 2.92. The zero-order valence-electron chi connectivity index (χ0n) is 13.6. The number of aromatic nitrogens is 1. The van der Waals surface area contributed by atoms with Gasteiger partial charge in [0.1, 0.15) is 10.8 Å². The van der Waals surface area contributed by atoms with Gasteiger partial charge in [0.15, 0.2) is 0 Å². The molecule has 3 rings (SSSR count). The van der Waals surface area contributed by atoms with Crippen LogP contribution in [-0.4, -0.2) is 23.1 Å². The van der Waals surface area contributed by atoms with Crippen LogP contribution in [0.5, 0.6) is 0 Å². The van der Waals surface area contributed by atoms with Crippen LogP contribution in [0.4, 0.5) is 15.8 Å². The Morgan fingerprint density at radius 1 is 1.29 bits per heavy atom. The van der Waals surface area contributed by atoms with Crippen LogP contribution < -0.4 is 10.2 Å². The lowest BCUT2D eigenvalue weighted by Crippen LogP contribution is -2.32. The van der Waals surface area contributed by atoms with E-state index in [0.29, 0.717) is 10.7 Å². The molecular formula is C19H20FN3S. The van der Waals surface area contributed by atoms with Gasteiger partial charge in [-0.05, 0) is 50.1 Å². The molecule has 0 unspecified atom stereocenters. The second-order valence-electron chi connectivity index (χ2n) is 5.82. The van der Waals surface area contributed by atoms with Crippen LogP contribution >= 0.6 is 12.2 Å². The second-order valence-corrected chi connectivity index (χ2v) is 6.23. The van der Waals surface area contributed by atoms with Gasteiger partial charge in [0.2, 0.25) is 0 Å². The van der Waals surface area contributed by atoms with Crippen LogP contribution in [0.2, 0.25) is 0 Å². The van der Waals surface area contributed by atoms with Crippen LogP contribution in [0, 0.1) is 5.82 Å². The van der Waals surface area contributed by atoms with Crippen LogP contribution in [0.1, 0.15) is 25.3 Å². The van der Waals surface area contributed by atoms with E-state index in [4.69, 9.17) is 12.2 Å². The van der Waals surface area contributed by atoms with Crippen LogP contribution in [0.15, 0.2) is 54.4 Å². The van der Waals surface area contributed by atoms with E-state index in [2.05, 4.69) is 28.2 Å². The molecule has 0 radical (unpaired) electrons. The molecule has 24 heavy (non-hydrogen) atoms. The van der Waals surface area contributed by atoms with Crippen molar-refractivity contribution in [1.82, 2.24) is 4.98 Å². The maximum Gasteiger partial charge on any atom is 0.125 e. The number of hydrogen-bond donors (Lipinski definition) is 1. The van der Waals surface area contributed by atoms with Gasteiger partial charge in [0.25, 0.3) is 0 Å². The number of anilines is 2. The number of pyridine rings is 1. The van der Waals surface area contributed by atoms with Crippen molar-refractivity contribution in [2.75, 3.05) is 23.3 Å². The normalized spacial score (nSPS) is 16.2. The quantitative estimate of drug-likeness (QED) is 0.655. The third kappa shape index (κ3) is 3.79. The van der Waals surface area contributed by atoms with E-state index in [1.807, 2.05) is 18.2 Å². The van der Waals surface area contributed by atoms with Crippen LogP contribution in [0.3, 0.4) is 0 Å². The fraction of sp³-hybridized carbons (Fsp3) is 0.263. The van der Waals surface area contributed by atoms with Crippen molar-refractivity contribution in [1.29, 1.82) is 0 Å². The highest BCUT2D eigenvalue weighted by atomic mass is 32.1. The summed E-state index contributed by atoms with van der Waals surface area (Å²) in [6.07, 6.45) is 7.79. The number of thiocarbonyl (C=S) groups is 1. The summed E-state index contributed by atoms with van der Waals surface area (Å²) in [4.78, 5) is 6.83. The molecule has 0 bridgehead atoms. The summed E-state index contributed by atoms with van der Waals surface area (Å²) in [5.74, 6) is -0.276. The maximum absolute atomic E-state index is 13.8. The molecule has 3 nitrogen and oxygen atoms in total. The molecule has 1 aromatic heterocycles. The minimum atomic E-state index is -0.276. The molecule has 0 aliphatic carbocycles. The van der Waals surface area contributed by atoms with Gasteiger partial charge in [0.05, 0.1) is 11.4 Å². The Hall–Kier alpha value is -2.27. The third-order valence-corrected chi connectivity index (χ3v) is 4.56. The minimum absolute atomic E-state index is 0.276. The topological polar surface area (TPSA) is 28.2 Å². The van der Waals surface area contributed by atoms with Gasteiger partial charge in [-0.1, -0.05) is 23.9 Å². The van der Waals surface area contributed by atoms with Crippen LogP contribution in [-0.2, 0) is 0 Å². The Kier molecular flexibility index (Phi) is 5.20. The van der Waals surface area contributed by atoms with Crippen molar-refractivity contribution < 1.29 is 4.39 Å². The first-order chi connectivity index (χ1) is 11.7. The predicted molar refractivity (Wildman–Crippen MR) is 101 cm³/mol. The Labute approximate surface area is 147 Å². The number of allylic oxidation sites excluding steroid dienone is 1. The van der Waals surface area contributed by atoms with Gasteiger partial charge in [-0.3, -0.25) is 4.98 Å². The largest absolute Gasteiger partial charge is 0.366 e. The van der Waals surface area contributed by atoms with Gasteiger partial charge in [-0.15, -0.1) is 0 Å². The van der Waals surface area contributed by atoms with E-state index in [-0.39, 0.29) is 5.82 Å². The zero-order valence-corrected chi connectivity index (χ0v) is 14.4. The Morgan fingerprint density at radius 2 is 2.08 bits per heavy atom. The van der Waals surface area contributed by atoms with Crippen molar-refractivity contribution in [2.45, 2.75) is 19.8 Å². The SMILES string of the molecule is C/C=C1\CCCN(c2ccc(F)cc2NC(=S)c2ccncc2)C1. The predicted octanol–water partition coefficient (Wildman–Crippen LogP) is 4.55. The summed E-state index contributed by atoms with van der Waals surface area (Å²) >= 11 is 5.46. The summed E-state index contributed by atoms with van der Waals surface area (Å²) in [5.41, 5.74) is 3.96. The molecule has 1 aromatic carbocycles. The number of nitrogens with zero attached hydrogens (tertiary/aromatic N) is 2. The molecule has 2 aromatic rings. The second kappa shape index (κ2) is 7.53. The number of rotatable bonds is 3. The molecule has 0 spiro atoms. The van der Waals surface area contributed by atoms with E-state index >= 15 is 0 Å². The number of nitrogens with one attached hydrogen (secondary N) is 1. The molecule has 2 heterocycles. The zero-order chi connectivity index (χ0) is 16.9. The molecule has 5 heteroatoms. The molecule has 0 saturated carbocycles. The number of halogens is 1. The van der Waals surface area contributed by atoms with Gasteiger partial charge < -0.3 is 10.2 Å². The molecule has 1 fully saturated rings. The van der Waals surface area contributed by atoms with E-state index in [9.17, 15) is 4.39 Å². The summed E-state index contributed by atoms with van der Waals surface area (Å²) in [6.45, 7) is 3.90. The smallest absolute Gasteiger partial charge is 0.125 e. The Morgan fingerprint density at radius 3 is 2.83 bits per heavy atom.